The normalized spacial score (nSPS) is 18.0. The van der Waals surface area contributed by atoms with Crippen molar-refractivity contribution in [2.75, 3.05) is 23.3 Å². The van der Waals surface area contributed by atoms with Crippen molar-refractivity contribution in [3.63, 3.8) is 0 Å². The lowest BCUT2D eigenvalue weighted by Gasteiger charge is -2.23. The molecule has 0 unspecified atom stereocenters. The van der Waals surface area contributed by atoms with Crippen LogP contribution in [0.15, 0.2) is 30.5 Å². The second-order valence-corrected chi connectivity index (χ2v) is 8.24. The van der Waals surface area contributed by atoms with Gasteiger partial charge in [-0.1, -0.05) is 24.4 Å². The maximum Gasteiger partial charge on any atom is 0.326 e. The van der Waals surface area contributed by atoms with Crippen molar-refractivity contribution in [2.24, 2.45) is 0 Å². The molecule has 0 aromatic carbocycles. The number of halogens is 1. The minimum absolute atomic E-state index is 0.0365. The van der Waals surface area contributed by atoms with Crippen molar-refractivity contribution in [3.05, 3.63) is 39.7 Å². The smallest absolute Gasteiger partial charge is 0.320 e. The highest BCUT2D eigenvalue weighted by molar-refractivity contribution is 7.18. The fourth-order valence-electron chi connectivity index (χ4n) is 3.57. The van der Waals surface area contributed by atoms with Gasteiger partial charge in [-0.15, -0.1) is 11.3 Å². The molecule has 3 amide bonds. The molecule has 6 nitrogen and oxygen atoms in total. The molecule has 0 atom stereocenters. The van der Waals surface area contributed by atoms with Crippen molar-refractivity contribution in [3.8, 4) is 0 Å². The predicted molar refractivity (Wildman–Crippen MR) is 103 cm³/mol. The lowest BCUT2D eigenvalue weighted by molar-refractivity contribution is 0.103. The van der Waals surface area contributed by atoms with E-state index in [2.05, 4.69) is 10.3 Å². The van der Waals surface area contributed by atoms with Gasteiger partial charge in [0.2, 0.25) is 0 Å². The molecule has 2 fully saturated rings. The molecule has 1 saturated carbocycles. The van der Waals surface area contributed by atoms with Gasteiger partial charge in [0.1, 0.15) is 5.82 Å². The zero-order valence-electron chi connectivity index (χ0n) is 14.2. The first-order valence-corrected chi connectivity index (χ1v) is 9.92. The number of hydrogen-bond acceptors (Lipinski definition) is 4. The van der Waals surface area contributed by atoms with E-state index < -0.39 is 0 Å². The topological polar surface area (TPSA) is 65.5 Å². The Hall–Kier alpha value is -2.12. The van der Waals surface area contributed by atoms with Gasteiger partial charge >= 0.3 is 6.03 Å². The monoisotopic (exact) mass is 390 g/mol. The number of carbonyl (C=O) groups excluding carboxylic acids is 2. The van der Waals surface area contributed by atoms with E-state index in [1.807, 2.05) is 4.90 Å². The third-order valence-electron chi connectivity index (χ3n) is 4.89. The summed E-state index contributed by atoms with van der Waals surface area (Å²) in [5.74, 6) is 0.397. The van der Waals surface area contributed by atoms with Crippen molar-refractivity contribution in [1.82, 2.24) is 9.88 Å². The number of thiophene rings is 1. The molecule has 2 aromatic rings. The number of nitrogens with zero attached hydrogens (tertiary/aromatic N) is 3. The lowest BCUT2D eigenvalue weighted by atomic mass is 10.2. The third kappa shape index (κ3) is 3.41. The van der Waals surface area contributed by atoms with E-state index in [1.165, 1.54) is 24.2 Å². The average Bonchev–Trinajstić information content (AvgIpc) is 3.37. The Kier molecular flexibility index (Phi) is 4.82. The molecule has 1 N–H and O–H groups in total. The van der Waals surface area contributed by atoms with Crippen LogP contribution in [-0.2, 0) is 0 Å². The second kappa shape index (κ2) is 7.25. The molecule has 136 valence electrons. The van der Waals surface area contributed by atoms with Gasteiger partial charge in [0.05, 0.1) is 21.1 Å². The molecule has 8 heteroatoms. The molecule has 1 saturated heterocycles. The molecule has 4 rings (SSSR count). The van der Waals surface area contributed by atoms with Crippen molar-refractivity contribution >= 4 is 46.4 Å². The summed E-state index contributed by atoms with van der Waals surface area (Å²) in [5.41, 5.74) is 0.586. The summed E-state index contributed by atoms with van der Waals surface area (Å²) in [5, 5.41) is 2.79. The molecular weight excluding hydrogens is 372 g/mol. The van der Waals surface area contributed by atoms with Gasteiger partial charge in [-0.2, -0.15) is 0 Å². The minimum Gasteiger partial charge on any atom is -0.320 e. The van der Waals surface area contributed by atoms with Crippen LogP contribution in [-0.4, -0.2) is 41.0 Å². The Labute approximate surface area is 160 Å². The van der Waals surface area contributed by atoms with E-state index in [0.717, 1.165) is 19.4 Å². The molecule has 1 aliphatic carbocycles. The Morgan fingerprint density at radius 2 is 2.00 bits per heavy atom. The number of hydrogen-bond donors (Lipinski definition) is 1. The largest absolute Gasteiger partial charge is 0.326 e. The number of anilines is 2. The minimum atomic E-state index is -0.221. The quantitative estimate of drug-likeness (QED) is 0.849. The predicted octanol–water partition coefficient (Wildman–Crippen LogP) is 4.23. The summed E-state index contributed by atoms with van der Waals surface area (Å²) in [6.07, 6.45) is 6.19. The van der Waals surface area contributed by atoms with Crippen LogP contribution in [0.2, 0.25) is 4.34 Å². The summed E-state index contributed by atoms with van der Waals surface area (Å²) in [6, 6.07) is 7.33. The second-order valence-electron chi connectivity index (χ2n) is 6.53. The fourth-order valence-corrected chi connectivity index (χ4v) is 4.51. The molecule has 2 aliphatic rings. The molecule has 0 spiro atoms. The van der Waals surface area contributed by atoms with E-state index in [1.54, 1.807) is 35.4 Å². The maximum atomic E-state index is 12.7. The number of pyridine rings is 1. The zero-order chi connectivity index (χ0) is 18.1. The van der Waals surface area contributed by atoms with Crippen molar-refractivity contribution < 1.29 is 9.59 Å². The van der Waals surface area contributed by atoms with Gasteiger partial charge in [0.25, 0.3) is 5.91 Å². The Bertz CT molecular complexity index is 817. The molecule has 1 aliphatic heterocycles. The van der Waals surface area contributed by atoms with Crippen LogP contribution in [0, 0.1) is 0 Å². The van der Waals surface area contributed by atoms with Crippen LogP contribution < -0.4 is 10.2 Å². The number of nitrogens with one attached hydrogen (secondary N) is 1. The average molecular weight is 391 g/mol. The number of aromatic nitrogens is 1. The van der Waals surface area contributed by atoms with Crippen molar-refractivity contribution in [2.45, 2.75) is 31.7 Å². The summed E-state index contributed by atoms with van der Waals surface area (Å²) in [6.45, 7) is 1.41. The number of amides is 3. The molecule has 2 aromatic heterocycles. The van der Waals surface area contributed by atoms with E-state index in [-0.39, 0.29) is 11.9 Å². The first kappa shape index (κ1) is 17.3. The van der Waals surface area contributed by atoms with Crippen LogP contribution in [0.5, 0.6) is 0 Å². The van der Waals surface area contributed by atoms with E-state index in [9.17, 15) is 9.59 Å². The molecule has 3 heterocycles. The highest BCUT2D eigenvalue weighted by Gasteiger charge is 2.36. The van der Waals surface area contributed by atoms with Gasteiger partial charge in [-0.25, -0.2) is 9.78 Å². The maximum absolute atomic E-state index is 12.7. The van der Waals surface area contributed by atoms with Crippen molar-refractivity contribution in [1.29, 1.82) is 0 Å². The van der Waals surface area contributed by atoms with Gasteiger partial charge in [0.15, 0.2) is 0 Å². The first-order valence-electron chi connectivity index (χ1n) is 8.73. The van der Waals surface area contributed by atoms with Gasteiger partial charge in [0, 0.05) is 19.1 Å². The van der Waals surface area contributed by atoms with E-state index >= 15 is 0 Å². The fraction of sp³-hybridized carbons (Fsp3) is 0.389. The van der Waals surface area contributed by atoms with Crippen LogP contribution in [0.4, 0.5) is 16.3 Å². The summed E-state index contributed by atoms with van der Waals surface area (Å²) >= 11 is 7.08. The molecular formula is C18H19ClN4O2S. The molecule has 0 bridgehead atoms. The summed E-state index contributed by atoms with van der Waals surface area (Å²) < 4.78 is 0.572. The SMILES string of the molecule is O=C(Nc1ccc(N2CCN(C3CCCC3)C2=O)nc1)c1ccc(Cl)s1. The number of rotatable bonds is 4. The van der Waals surface area contributed by atoms with Crippen LogP contribution in [0.3, 0.4) is 0 Å². The number of urea groups is 1. The standard InChI is InChI=1S/C18H19ClN4O2S/c19-15-7-6-14(26-15)17(24)21-12-5-8-16(20-11-12)23-10-9-22(18(23)25)13-3-1-2-4-13/h5-8,11,13H,1-4,9-10H2,(H,21,24). The Morgan fingerprint density at radius 3 is 2.65 bits per heavy atom. The number of carbonyl (C=O) groups is 2. The first-order chi connectivity index (χ1) is 12.6. The van der Waals surface area contributed by atoms with E-state index in [0.29, 0.717) is 33.3 Å². The summed E-state index contributed by atoms with van der Waals surface area (Å²) in [7, 11) is 0. The van der Waals surface area contributed by atoms with E-state index in [4.69, 9.17) is 11.6 Å². The lowest BCUT2D eigenvalue weighted by Crippen LogP contribution is -2.38. The van der Waals surface area contributed by atoms with Gasteiger partial charge in [-0.3, -0.25) is 9.69 Å². The molecule has 0 radical (unpaired) electrons. The van der Waals surface area contributed by atoms with Crippen LogP contribution in [0.25, 0.3) is 0 Å². The van der Waals surface area contributed by atoms with Gasteiger partial charge < -0.3 is 10.2 Å². The third-order valence-corrected chi connectivity index (χ3v) is 6.12. The highest BCUT2D eigenvalue weighted by atomic mass is 35.5. The van der Waals surface area contributed by atoms with Gasteiger partial charge in [-0.05, 0) is 37.1 Å². The Morgan fingerprint density at radius 1 is 1.19 bits per heavy atom. The Balaban J connectivity index is 1.41. The van der Waals surface area contributed by atoms with Crippen LogP contribution >= 0.6 is 22.9 Å². The molecule has 26 heavy (non-hydrogen) atoms. The highest BCUT2D eigenvalue weighted by Crippen LogP contribution is 2.28. The van der Waals surface area contributed by atoms with Crippen LogP contribution in [0.1, 0.15) is 35.4 Å². The zero-order valence-corrected chi connectivity index (χ0v) is 15.7. The summed E-state index contributed by atoms with van der Waals surface area (Å²) in [4.78, 5) is 33.4.